The van der Waals surface area contributed by atoms with Gasteiger partial charge in [0.15, 0.2) is 0 Å². The standard InChI is InChI=1S/C14H18N2O/c1-2-3-4-10-16-14(17)13-7-5-6-12(11-13)8-9-15/h5-7,11H,2-4,8,10H2,1H3,(H,16,17). The molecule has 17 heavy (non-hydrogen) atoms. The van der Waals surface area contributed by atoms with Crippen molar-refractivity contribution in [3.8, 4) is 6.07 Å². The van der Waals surface area contributed by atoms with Crippen LogP contribution >= 0.6 is 0 Å². The van der Waals surface area contributed by atoms with Crippen LogP contribution < -0.4 is 5.32 Å². The van der Waals surface area contributed by atoms with Gasteiger partial charge in [-0.1, -0.05) is 31.9 Å². The third-order valence-electron chi connectivity index (χ3n) is 2.54. The molecule has 90 valence electrons. The molecule has 0 radical (unpaired) electrons. The number of unbranched alkanes of at least 4 members (excludes halogenated alkanes) is 2. The molecule has 0 aliphatic carbocycles. The first kappa shape index (κ1) is 13.2. The molecule has 3 heteroatoms. The maximum absolute atomic E-state index is 11.8. The highest BCUT2D eigenvalue weighted by atomic mass is 16.1. The molecule has 0 saturated heterocycles. The molecule has 0 aliphatic rings. The van der Waals surface area contributed by atoms with Crippen molar-refractivity contribution in [2.24, 2.45) is 0 Å². The Kier molecular flexibility index (Phi) is 5.81. The van der Waals surface area contributed by atoms with Gasteiger partial charge in [-0.25, -0.2) is 0 Å². The summed E-state index contributed by atoms with van der Waals surface area (Å²) in [4.78, 5) is 11.8. The van der Waals surface area contributed by atoms with Gasteiger partial charge >= 0.3 is 0 Å². The molecule has 1 amide bonds. The molecule has 0 bridgehead atoms. The van der Waals surface area contributed by atoms with Crippen molar-refractivity contribution in [1.82, 2.24) is 5.32 Å². The Balaban J connectivity index is 2.51. The number of nitrogens with zero attached hydrogens (tertiary/aromatic N) is 1. The van der Waals surface area contributed by atoms with Crippen LogP contribution in [0, 0.1) is 11.3 Å². The van der Waals surface area contributed by atoms with Gasteiger partial charge in [-0.3, -0.25) is 4.79 Å². The van der Waals surface area contributed by atoms with Crippen LogP contribution in [0.4, 0.5) is 0 Å². The van der Waals surface area contributed by atoms with Crippen molar-refractivity contribution in [2.45, 2.75) is 32.6 Å². The first-order valence-electron chi connectivity index (χ1n) is 6.02. The zero-order valence-corrected chi connectivity index (χ0v) is 10.2. The van der Waals surface area contributed by atoms with Crippen molar-refractivity contribution < 1.29 is 4.79 Å². The van der Waals surface area contributed by atoms with Gasteiger partial charge in [0.25, 0.3) is 5.91 Å². The molecule has 0 heterocycles. The fraction of sp³-hybridized carbons (Fsp3) is 0.429. The van der Waals surface area contributed by atoms with Crippen molar-refractivity contribution >= 4 is 5.91 Å². The third kappa shape index (κ3) is 4.69. The molecule has 3 nitrogen and oxygen atoms in total. The van der Waals surface area contributed by atoms with Gasteiger partial charge in [0.1, 0.15) is 0 Å². The Labute approximate surface area is 102 Å². The highest BCUT2D eigenvalue weighted by Crippen LogP contribution is 2.05. The van der Waals surface area contributed by atoms with E-state index in [0.717, 1.165) is 31.4 Å². The van der Waals surface area contributed by atoms with E-state index in [1.807, 2.05) is 12.1 Å². The number of hydrogen-bond acceptors (Lipinski definition) is 2. The summed E-state index contributed by atoms with van der Waals surface area (Å²) in [6.45, 7) is 2.85. The second-order valence-corrected chi connectivity index (χ2v) is 4.00. The van der Waals surface area contributed by atoms with E-state index >= 15 is 0 Å². The molecule has 0 fully saturated rings. The van der Waals surface area contributed by atoms with Gasteiger partial charge in [-0.05, 0) is 24.1 Å². The van der Waals surface area contributed by atoms with Crippen LogP contribution in [-0.4, -0.2) is 12.5 Å². The minimum absolute atomic E-state index is 0.0547. The predicted octanol–water partition coefficient (Wildman–Crippen LogP) is 2.67. The van der Waals surface area contributed by atoms with E-state index < -0.39 is 0 Å². The highest BCUT2D eigenvalue weighted by molar-refractivity contribution is 5.94. The van der Waals surface area contributed by atoms with Gasteiger partial charge in [0.05, 0.1) is 12.5 Å². The minimum atomic E-state index is -0.0547. The van der Waals surface area contributed by atoms with E-state index in [0.29, 0.717) is 12.0 Å². The number of benzene rings is 1. The lowest BCUT2D eigenvalue weighted by molar-refractivity contribution is 0.0953. The Morgan fingerprint density at radius 2 is 2.24 bits per heavy atom. The smallest absolute Gasteiger partial charge is 0.251 e. The average molecular weight is 230 g/mol. The summed E-state index contributed by atoms with van der Waals surface area (Å²) in [7, 11) is 0. The SMILES string of the molecule is CCCCCNC(=O)c1cccc(CC#N)c1. The van der Waals surface area contributed by atoms with Crippen molar-refractivity contribution in [2.75, 3.05) is 6.54 Å². The summed E-state index contributed by atoms with van der Waals surface area (Å²) >= 11 is 0. The number of nitrogens with one attached hydrogen (secondary N) is 1. The van der Waals surface area contributed by atoms with Gasteiger partial charge in [0, 0.05) is 12.1 Å². The number of amides is 1. The number of hydrogen-bond donors (Lipinski definition) is 1. The quantitative estimate of drug-likeness (QED) is 0.764. The van der Waals surface area contributed by atoms with Crippen molar-refractivity contribution in [3.05, 3.63) is 35.4 Å². The summed E-state index contributed by atoms with van der Waals surface area (Å²) in [5, 5.41) is 11.5. The molecule has 0 unspecified atom stereocenters. The summed E-state index contributed by atoms with van der Waals surface area (Å²) < 4.78 is 0. The zero-order valence-electron chi connectivity index (χ0n) is 10.2. The molecule has 0 atom stereocenters. The first-order valence-corrected chi connectivity index (χ1v) is 6.02. The maximum atomic E-state index is 11.8. The molecular weight excluding hydrogens is 212 g/mol. The predicted molar refractivity (Wildman–Crippen MR) is 67.6 cm³/mol. The lowest BCUT2D eigenvalue weighted by Crippen LogP contribution is -2.24. The monoisotopic (exact) mass is 230 g/mol. The van der Waals surface area contributed by atoms with Gasteiger partial charge in [-0.2, -0.15) is 5.26 Å². The molecule has 1 aromatic carbocycles. The van der Waals surface area contributed by atoms with E-state index in [1.54, 1.807) is 12.1 Å². The topological polar surface area (TPSA) is 52.9 Å². The van der Waals surface area contributed by atoms with Gasteiger partial charge in [0.2, 0.25) is 0 Å². The van der Waals surface area contributed by atoms with Crippen molar-refractivity contribution in [1.29, 1.82) is 5.26 Å². The lowest BCUT2D eigenvalue weighted by atomic mass is 10.1. The maximum Gasteiger partial charge on any atom is 0.251 e. The normalized spacial score (nSPS) is 9.65. The molecule has 1 rings (SSSR count). The lowest BCUT2D eigenvalue weighted by Gasteiger charge is -2.05. The fourth-order valence-corrected chi connectivity index (χ4v) is 1.59. The largest absolute Gasteiger partial charge is 0.352 e. The van der Waals surface area contributed by atoms with E-state index in [2.05, 4.69) is 18.3 Å². The van der Waals surface area contributed by atoms with Crippen LogP contribution in [0.3, 0.4) is 0 Å². The Bertz CT molecular complexity index is 407. The number of rotatable bonds is 6. The number of carbonyl (C=O) groups is 1. The van der Waals surface area contributed by atoms with E-state index in [-0.39, 0.29) is 5.91 Å². The van der Waals surface area contributed by atoms with E-state index in [1.165, 1.54) is 0 Å². The first-order chi connectivity index (χ1) is 8.27. The van der Waals surface area contributed by atoms with E-state index in [9.17, 15) is 4.79 Å². The summed E-state index contributed by atoms with van der Waals surface area (Å²) in [6.07, 6.45) is 3.64. The molecule has 0 aliphatic heterocycles. The fourth-order valence-electron chi connectivity index (χ4n) is 1.59. The molecule has 1 aromatic rings. The molecule has 0 saturated carbocycles. The summed E-state index contributed by atoms with van der Waals surface area (Å²) in [6, 6.07) is 9.30. The van der Waals surface area contributed by atoms with Crippen LogP contribution in [0.2, 0.25) is 0 Å². The third-order valence-corrected chi connectivity index (χ3v) is 2.54. The van der Waals surface area contributed by atoms with Gasteiger partial charge < -0.3 is 5.32 Å². The van der Waals surface area contributed by atoms with Crippen LogP contribution in [0.5, 0.6) is 0 Å². The average Bonchev–Trinajstić information content (AvgIpc) is 2.35. The molecule has 1 N–H and O–H groups in total. The van der Waals surface area contributed by atoms with Crippen LogP contribution in [0.25, 0.3) is 0 Å². The Hall–Kier alpha value is -1.82. The highest BCUT2D eigenvalue weighted by Gasteiger charge is 2.04. The van der Waals surface area contributed by atoms with Gasteiger partial charge in [-0.15, -0.1) is 0 Å². The Morgan fingerprint density at radius 1 is 1.41 bits per heavy atom. The van der Waals surface area contributed by atoms with Crippen LogP contribution in [-0.2, 0) is 6.42 Å². The number of carbonyl (C=O) groups excluding carboxylic acids is 1. The summed E-state index contributed by atoms with van der Waals surface area (Å²) in [5.74, 6) is -0.0547. The number of nitriles is 1. The van der Waals surface area contributed by atoms with Crippen LogP contribution in [0.15, 0.2) is 24.3 Å². The van der Waals surface area contributed by atoms with E-state index in [4.69, 9.17) is 5.26 Å². The molecular formula is C14H18N2O. The zero-order chi connectivity index (χ0) is 12.5. The molecule has 0 aromatic heterocycles. The molecule has 0 spiro atoms. The van der Waals surface area contributed by atoms with Crippen molar-refractivity contribution in [3.63, 3.8) is 0 Å². The minimum Gasteiger partial charge on any atom is -0.352 e. The second kappa shape index (κ2) is 7.45. The summed E-state index contributed by atoms with van der Waals surface area (Å²) in [5.41, 5.74) is 1.52. The van der Waals surface area contributed by atoms with Crippen LogP contribution in [0.1, 0.15) is 42.1 Å². The Morgan fingerprint density at radius 3 is 2.94 bits per heavy atom. The second-order valence-electron chi connectivity index (χ2n) is 4.00.